The van der Waals surface area contributed by atoms with Gasteiger partial charge in [-0.1, -0.05) is 36.4 Å². The first-order valence-electron chi connectivity index (χ1n) is 6.24. The van der Waals surface area contributed by atoms with Gasteiger partial charge in [0.15, 0.2) is 0 Å². The maximum atomic E-state index is 11.0. The average Bonchev–Trinajstić information content (AvgIpc) is 2.47. The molecule has 0 radical (unpaired) electrons. The Balaban J connectivity index is 2.28. The van der Waals surface area contributed by atoms with Crippen molar-refractivity contribution < 1.29 is 4.92 Å². The molecule has 0 aromatic heterocycles. The molecule has 0 aliphatic rings. The number of hydrogen-bond donors (Lipinski definition) is 1. The fraction of sp³-hybridized carbons (Fsp3) is 0.200. The maximum absolute atomic E-state index is 11.0. The van der Waals surface area contributed by atoms with Gasteiger partial charge >= 0.3 is 0 Å². The van der Waals surface area contributed by atoms with Gasteiger partial charge in [-0.15, -0.1) is 11.8 Å². The van der Waals surface area contributed by atoms with Crippen molar-refractivity contribution in [1.29, 1.82) is 0 Å². The van der Waals surface area contributed by atoms with Gasteiger partial charge in [-0.25, -0.2) is 0 Å². The quantitative estimate of drug-likeness (QED) is 0.519. The molecule has 0 saturated carbocycles. The fourth-order valence-corrected chi connectivity index (χ4v) is 2.85. The van der Waals surface area contributed by atoms with E-state index in [0.717, 1.165) is 10.5 Å². The Labute approximate surface area is 122 Å². The van der Waals surface area contributed by atoms with Crippen LogP contribution >= 0.6 is 11.8 Å². The van der Waals surface area contributed by atoms with E-state index in [1.807, 2.05) is 30.5 Å². The molecular formula is C15H16N2O2S. The normalized spacial score (nSPS) is 12.1. The summed E-state index contributed by atoms with van der Waals surface area (Å²) >= 11 is 1.63. The lowest BCUT2D eigenvalue weighted by molar-refractivity contribution is -0.385. The molecular weight excluding hydrogens is 272 g/mol. The molecule has 5 heteroatoms. The number of nitrogens with zero attached hydrogens (tertiary/aromatic N) is 1. The Hall–Kier alpha value is -1.85. The molecule has 2 aromatic carbocycles. The van der Waals surface area contributed by atoms with Crippen LogP contribution in [-0.4, -0.2) is 11.2 Å². The molecule has 20 heavy (non-hydrogen) atoms. The van der Waals surface area contributed by atoms with Gasteiger partial charge in [0.25, 0.3) is 5.69 Å². The van der Waals surface area contributed by atoms with E-state index in [9.17, 15) is 10.1 Å². The summed E-state index contributed by atoms with van der Waals surface area (Å²) in [5.41, 5.74) is 8.06. The highest BCUT2D eigenvalue weighted by Crippen LogP contribution is 2.28. The second-order valence-corrected chi connectivity index (χ2v) is 5.29. The Bertz CT molecular complexity index is 616. The van der Waals surface area contributed by atoms with Gasteiger partial charge in [-0.2, -0.15) is 0 Å². The first-order chi connectivity index (χ1) is 9.63. The van der Waals surface area contributed by atoms with Crippen molar-refractivity contribution in [3.8, 4) is 0 Å². The largest absolute Gasteiger partial charge is 0.324 e. The molecule has 0 aliphatic carbocycles. The van der Waals surface area contributed by atoms with Crippen LogP contribution in [0.1, 0.15) is 17.2 Å². The van der Waals surface area contributed by atoms with Gasteiger partial charge in [-0.3, -0.25) is 10.1 Å². The van der Waals surface area contributed by atoms with Crippen LogP contribution in [0.5, 0.6) is 0 Å². The summed E-state index contributed by atoms with van der Waals surface area (Å²) in [5.74, 6) is 0. The average molecular weight is 288 g/mol. The van der Waals surface area contributed by atoms with Crippen LogP contribution in [-0.2, 0) is 6.42 Å². The van der Waals surface area contributed by atoms with Gasteiger partial charge in [0.05, 0.1) is 4.92 Å². The number of hydrogen-bond acceptors (Lipinski definition) is 4. The van der Waals surface area contributed by atoms with Gasteiger partial charge in [0.2, 0.25) is 0 Å². The highest BCUT2D eigenvalue weighted by Gasteiger charge is 2.17. The van der Waals surface area contributed by atoms with Gasteiger partial charge < -0.3 is 5.73 Å². The van der Waals surface area contributed by atoms with E-state index < -0.39 is 0 Å². The third-order valence-electron chi connectivity index (χ3n) is 3.17. The molecule has 4 nitrogen and oxygen atoms in total. The molecule has 1 unspecified atom stereocenters. The minimum Gasteiger partial charge on any atom is -0.324 e. The zero-order valence-corrected chi connectivity index (χ0v) is 12.0. The zero-order valence-electron chi connectivity index (χ0n) is 11.2. The molecule has 0 aliphatic heterocycles. The van der Waals surface area contributed by atoms with Crippen LogP contribution in [0.25, 0.3) is 0 Å². The molecule has 2 N–H and O–H groups in total. The van der Waals surface area contributed by atoms with E-state index in [-0.39, 0.29) is 16.7 Å². The second kappa shape index (κ2) is 6.54. The SMILES string of the molecule is CSc1ccccc1C(N)Cc1ccccc1[N+](=O)[O-]. The predicted molar refractivity (Wildman–Crippen MR) is 82.0 cm³/mol. The molecule has 104 valence electrons. The number of benzene rings is 2. The third-order valence-corrected chi connectivity index (χ3v) is 3.98. The molecule has 0 bridgehead atoms. The summed E-state index contributed by atoms with van der Waals surface area (Å²) in [6.45, 7) is 0. The van der Waals surface area contributed by atoms with E-state index in [2.05, 4.69) is 0 Å². The summed E-state index contributed by atoms with van der Waals surface area (Å²) in [6, 6.07) is 14.4. The van der Waals surface area contributed by atoms with Crippen LogP contribution in [0.3, 0.4) is 0 Å². The Kier molecular flexibility index (Phi) is 4.76. The predicted octanol–water partition coefficient (Wildman–Crippen LogP) is 3.56. The van der Waals surface area contributed by atoms with E-state index in [0.29, 0.717) is 12.0 Å². The number of thioether (sulfide) groups is 1. The highest BCUT2D eigenvalue weighted by atomic mass is 32.2. The van der Waals surface area contributed by atoms with Crippen LogP contribution in [0, 0.1) is 10.1 Å². The molecule has 0 fully saturated rings. The van der Waals surface area contributed by atoms with Crippen molar-refractivity contribution >= 4 is 17.4 Å². The Morgan fingerprint density at radius 3 is 2.55 bits per heavy atom. The fourth-order valence-electron chi connectivity index (χ4n) is 2.18. The van der Waals surface area contributed by atoms with Crippen molar-refractivity contribution in [1.82, 2.24) is 0 Å². The zero-order chi connectivity index (χ0) is 14.5. The van der Waals surface area contributed by atoms with Crippen LogP contribution in [0.15, 0.2) is 53.4 Å². The number of para-hydroxylation sites is 1. The van der Waals surface area contributed by atoms with Crippen molar-refractivity contribution in [2.24, 2.45) is 5.73 Å². The summed E-state index contributed by atoms with van der Waals surface area (Å²) in [4.78, 5) is 11.8. The lowest BCUT2D eigenvalue weighted by atomic mass is 9.98. The highest BCUT2D eigenvalue weighted by molar-refractivity contribution is 7.98. The van der Waals surface area contributed by atoms with Crippen LogP contribution < -0.4 is 5.73 Å². The summed E-state index contributed by atoms with van der Waals surface area (Å²) in [6.07, 6.45) is 2.45. The lowest BCUT2D eigenvalue weighted by Gasteiger charge is -2.15. The van der Waals surface area contributed by atoms with Crippen molar-refractivity contribution in [2.75, 3.05) is 6.26 Å². The standard InChI is InChI=1S/C15H16N2O2S/c1-20-15-9-5-3-7-12(15)13(16)10-11-6-2-4-8-14(11)17(18)19/h2-9,13H,10,16H2,1H3. The number of nitrogens with two attached hydrogens (primary N) is 1. The van der Waals surface area contributed by atoms with Gasteiger partial charge in [-0.05, 0) is 24.3 Å². The lowest BCUT2D eigenvalue weighted by Crippen LogP contribution is -2.15. The minimum atomic E-state index is -0.359. The smallest absolute Gasteiger partial charge is 0.272 e. The minimum absolute atomic E-state index is 0.129. The van der Waals surface area contributed by atoms with Gasteiger partial charge in [0.1, 0.15) is 0 Å². The van der Waals surface area contributed by atoms with Crippen molar-refractivity contribution in [3.63, 3.8) is 0 Å². The molecule has 2 rings (SSSR count). The molecule has 0 amide bonds. The molecule has 0 heterocycles. The maximum Gasteiger partial charge on any atom is 0.272 e. The van der Waals surface area contributed by atoms with Gasteiger partial charge in [0, 0.05) is 22.6 Å². The van der Waals surface area contributed by atoms with E-state index in [1.165, 1.54) is 6.07 Å². The van der Waals surface area contributed by atoms with Crippen LogP contribution in [0.2, 0.25) is 0 Å². The van der Waals surface area contributed by atoms with E-state index in [1.54, 1.807) is 30.0 Å². The summed E-state index contributed by atoms with van der Waals surface area (Å²) in [7, 11) is 0. The van der Waals surface area contributed by atoms with Crippen LogP contribution in [0.4, 0.5) is 5.69 Å². The van der Waals surface area contributed by atoms with Crippen molar-refractivity contribution in [2.45, 2.75) is 17.4 Å². The number of nitro groups is 1. The molecule has 0 spiro atoms. The Morgan fingerprint density at radius 2 is 1.85 bits per heavy atom. The third kappa shape index (κ3) is 3.18. The topological polar surface area (TPSA) is 69.2 Å². The first kappa shape index (κ1) is 14.6. The summed E-state index contributed by atoms with van der Waals surface area (Å²) < 4.78 is 0. The monoisotopic (exact) mass is 288 g/mol. The molecule has 2 aromatic rings. The molecule has 0 saturated heterocycles. The second-order valence-electron chi connectivity index (χ2n) is 4.44. The first-order valence-corrected chi connectivity index (χ1v) is 7.46. The van der Waals surface area contributed by atoms with Crippen molar-refractivity contribution in [3.05, 3.63) is 69.8 Å². The summed E-state index contributed by atoms with van der Waals surface area (Å²) in [5, 5.41) is 11.0. The number of nitro benzene ring substituents is 1. The van der Waals surface area contributed by atoms with E-state index in [4.69, 9.17) is 5.73 Å². The van der Waals surface area contributed by atoms with E-state index >= 15 is 0 Å². The Morgan fingerprint density at radius 1 is 1.20 bits per heavy atom. The number of rotatable bonds is 5. The molecule has 1 atom stereocenters.